The first kappa shape index (κ1) is 15.0. The molecular weight excluding hydrogens is 300 g/mol. The van der Waals surface area contributed by atoms with Crippen LogP contribution in [-0.2, 0) is 6.54 Å². The van der Waals surface area contributed by atoms with Gasteiger partial charge in [0, 0.05) is 23.6 Å². The predicted octanol–water partition coefficient (Wildman–Crippen LogP) is 3.66. The van der Waals surface area contributed by atoms with Gasteiger partial charge in [0.1, 0.15) is 0 Å². The van der Waals surface area contributed by atoms with Gasteiger partial charge in [-0.2, -0.15) is 0 Å². The Morgan fingerprint density at radius 2 is 2.16 bits per heavy atom. The van der Waals surface area contributed by atoms with Gasteiger partial charge in [-0.15, -0.1) is 0 Å². The van der Waals surface area contributed by atoms with E-state index in [1.54, 1.807) is 0 Å². The van der Waals surface area contributed by atoms with Crippen molar-refractivity contribution >= 4 is 15.9 Å². The van der Waals surface area contributed by atoms with Crippen LogP contribution in [0.3, 0.4) is 0 Å². The van der Waals surface area contributed by atoms with E-state index < -0.39 is 0 Å². The highest BCUT2D eigenvalue weighted by molar-refractivity contribution is 9.10. The van der Waals surface area contributed by atoms with Crippen LogP contribution in [0.2, 0.25) is 0 Å². The zero-order valence-electron chi connectivity index (χ0n) is 12.0. The summed E-state index contributed by atoms with van der Waals surface area (Å²) in [5.41, 5.74) is 1.40. The lowest BCUT2D eigenvalue weighted by Gasteiger charge is -2.25. The Bertz CT molecular complexity index is 392. The molecule has 2 rings (SSSR count). The van der Waals surface area contributed by atoms with Crippen molar-refractivity contribution in [2.75, 3.05) is 19.6 Å². The lowest BCUT2D eigenvalue weighted by atomic mass is 10.1. The van der Waals surface area contributed by atoms with Gasteiger partial charge in [0.2, 0.25) is 0 Å². The van der Waals surface area contributed by atoms with Crippen molar-refractivity contribution < 1.29 is 0 Å². The van der Waals surface area contributed by atoms with Gasteiger partial charge in [-0.25, -0.2) is 0 Å². The minimum atomic E-state index is 0.700. The van der Waals surface area contributed by atoms with Crippen LogP contribution in [0.25, 0.3) is 0 Å². The summed E-state index contributed by atoms with van der Waals surface area (Å²) in [7, 11) is 0. The second kappa shape index (κ2) is 7.41. The quantitative estimate of drug-likeness (QED) is 0.859. The van der Waals surface area contributed by atoms with Crippen LogP contribution in [0.5, 0.6) is 0 Å². The van der Waals surface area contributed by atoms with Gasteiger partial charge in [0.25, 0.3) is 0 Å². The standard InChI is InChI=1S/C16H25BrN2/c1-13(2)10-18-11-15-7-5-9-19(15)12-14-6-3-4-8-16(14)17/h3-4,6,8,13,15,18H,5,7,9-12H2,1-2H3. The molecule has 1 atom stereocenters. The van der Waals surface area contributed by atoms with Crippen molar-refractivity contribution in [3.63, 3.8) is 0 Å². The molecule has 19 heavy (non-hydrogen) atoms. The Morgan fingerprint density at radius 3 is 2.89 bits per heavy atom. The lowest BCUT2D eigenvalue weighted by molar-refractivity contribution is 0.237. The fourth-order valence-electron chi connectivity index (χ4n) is 2.72. The Balaban J connectivity index is 1.87. The predicted molar refractivity (Wildman–Crippen MR) is 85.3 cm³/mol. The maximum absolute atomic E-state index is 3.65. The topological polar surface area (TPSA) is 15.3 Å². The summed E-state index contributed by atoms with van der Waals surface area (Å²) in [5, 5.41) is 3.60. The molecule has 1 N–H and O–H groups in total. The van der Waals surface area contributed by atoms with Gasteiger partial charge in [-0.05, 0) is 43.5 Å². The van der Waals surface area contributed by atoms with E-state index in [-0.39, 0.29) is 0 Å². The molecule has 1 heterocycles. The molecule has 1 aliphatic heterocycles. The van der Waals surface area contributed by atoms with Crippen molar-refractivity contribution in [3.8, 4) is 0 Å². The summed E-state index contributed by atoms with van der Waals surface area (Å²) < 4.78 is 1.23. The molecule has 0 saturated carbocycles. The van der Waals surface area contributed by atoms with Crippen molar-refractivity contribution in [3.05, 3.63) is 34.3 Å². The van der Waals surface area contributed by atoms with Crippen LogP contribution in [-0.4, -0.2) is 30.6 Å². The average molecular weight is 325 g/mol. The van der Waals surface area contributed by atoms with Crippen LogP contribution in [0, 0.1) is 5.92 Å². The van der Waals surface area contributed by atoms with Gasteiger partial charge in [-0.1, -0.05) is 48.0 Å². The third kappa shape index (κ3) is 4.59. The van der Waals surface area contributed by atoms with Gasteiger partial charge in [0.05, 0.1) is 0 Å². The lowest BCUT2D eigenvalue weighted by Crippen LogP contribution is -2.38. The van der Waals surface area contributed by atoms with Crippen molar-refractivity contribution in [2.45, 2.75) is 39.3 Å². The van der Waals surface area contributed by atoms with E-state index in [1.165, 1.54) is 29.4 Å². The molecule has 1 saturated heterocycles. The zero-order valence-corrected chi connectivity index (χ0v) is 13.6. The Hall–Kier alpha value is -0.380. The number of nitrogens with zero attached hydrogens (tertiary/aromatic N) is 1. The average Bonchev–Trinajstić information content (AvgIpc) is 2.79. The minimum Gasteiger partial charge on any atom is -0.315 e. The van der Waals surface area contributed by atoms with E-state index in [0.717, 1.165) is 25.6 Å². The number of benzene rings is 1. The zero-order chi connectivity index (χ0) is 13.7. The maximum atomic E-state index is 3.65. The third-order valence-corrected chi connectivity index (χ3v) is 4.54. The van der Waals surface area contributed by atoms with Gasteiger partial charge >= 0.3 is 0 Å². The SMILES string of the molecule is CC(C)CNCC1CCCN1Cc1ccccc1Br. The second-order valence-electron chi connectivity index (χ2n) is 5.91. The highest BCUT2D eigenvalue weighted by atomic mass is 79.9. The van der Waals surface area contributed by atoms with Crippen LogP contribution in [0.4, 0.5) is 0 Å². The molecule has 2 nitrogen and oxygen atoms in total. The number of nitrogens with one attached hydrogen (secondary N) is 1. The van der Waals surface area contributed by atoms with Crippen molar-refractivity contribution in [2.24, 2.45) is 5.92 Å². The molecular formula is C16H25BrN2. The molecule has 0 spiro atoms. The smallest absolute Gasteiger partial charge is 0.0248 e. The van der Waals surface area contributed by atoms with Crippen LogP contribution >= 0.6 is 15.9 Å². The van der Waals surface area contributed by atoms with Crippen LogP contribution in [0.15, 0.2) is 28.7 Å². The third-order valence-electron chi connectivity index (χ3n) is 3.76. The molecule has 0 aliphatic carbocycles. The minimum absolute atomic E-state index is 0.700. The molecule has 1 unspecified atom stereocenters. The number of hydrogen-bond donors (Lipinski definition) is 1. The number of likely N-dealkylation sites (tertiary alicyclic amines) is 1. The summed E-state index contributed by atoms with van der Waals surface area (Å²) in [6, 6.07) is 9.27. The highest BCUT2D eigenvalue weighted by Crippen LogP contribution is 2.23. The Morgan fingerprint density at radius 1 is 1.37 bits per heavy atom. The first-order valence-corrected chi connectivity index (χ1v) is 8.14. The molecule has 1 aromatic carbocycles. The number of rotatable bonds is 6. The summed E-state index contributed by atoms with van der Waals surface area (Å²) >= 11 is 3.65. The Kier molecular flexibility index (Phi) is 5.86. The molecule has 3 heteroatoms. The first-order valence-electron chi connectivity index (χ1n) is 7.35. The van der Waals surface area contributed by atoms with E-state index in [2.05, 4.69) is 64.3 Å². The monoisotopic (exact) mass is 324 g/mol. The maximum Gasteiger partial charge on any atom is 0.0248 e. The fraction of sp³-hybridized carbons (Fsp3) is 0.625. The van der Waals surface area contributed by atoms with Gasteiger partial charge in [0.15, 0.2) is 0 Å². The molecule has 0 aromatic heterocycles. The normalized spacial score (nSPS) is 20.3. The van der Waals surface area contributed by atoms with E-state index in [0.29, 0.717) is 6.04 Å². The molecule has 0 radical (unpaired) electrons. The molecule has 1 aliphatic rings. The van der Waals surface area contributed by atoms with Crippen molar-refractivity contribution in [1.82, 2.24) is 10.2 Å². The number of hydrogen-bond acceptors (Lipinski definition) is 2. The van der Waals surface area contributed by atoms with Gasteiger partial charge in [-0.3, -0.25) is 4.90 Å². The van der Waals surface area contributed by atoms with E-state index in [9.17, 15) is 0 Å². The summed E-state index contributed by atoms with van der Waals surface area (Å²) in [6.45, 7) is 9.08. The summed E-state index contributed by atoms with van der Waals surface area (Å²) in [5.74, 6) is 0.734. The van der Waals surface area contributed by atoms with E-state index >= 15 is 0 Å². The highest BCUT2D eigenvalue weighted by Gasteiger charge is 2.24. The molecule has 1 fully saturated rings. The van der Waals surface area contributed by atoms with Gasteiger partial charge < -0.3 is 5.32 Å². The van der Waals surface area contributed by atoms with Crippen molar-refractivity contribution in [1.29, 1.82) is 0 Å². The molecule has 0 amide bonds. The molecule has 0 bridgehead atoms. The van der Waals surface area contributed by atoms with Crippen LogP contribution < -0.4 is 5.32 Å². The molecule has 1 aromatic rings. The van der Waals surface area contributed by atoms with Crippen LogP contribution in [0.1, 0.15) is 32.3 Å². The Labute approximate surface area is 125 Å². The number of halogens is 1. The largest absolute Gasteiger partial charge is 0.315 e. The van der Waals surface area contributed by atoms with E-state index in [4.69, 9.17) is 0 Å². The van der Waals surface area contributed by atoms with E-state index in [1.807, 2.05) is 0 Å². The summed E-state index contributed by atoms with van der Waals surface area (Å²) in [6.07, 6.45) is 2.66. The first-order chi connectivity index (χ1) is 9.16. The second-order valence-corrected chi connectivity index (χ2v) is 6.76. The molecule has 106 valence electrons. The fourth-order valence-corrected chi connectivity index (χ4v) is 3.13. The summed E-state index contributed by atoms with van der Waals surface area (Å²) in [4.78, 5) is 2.62.